The highest BCUT2D eigenvalue weighted by molar-refractivity contribution is 5.62. The number of aldehydes is 1. The summed E-state index contributed by atoms with van der Waals surface area (Å²) in [6.07, 6.45) is 1.51. The van der Waals surface area contributed by atoms with E-state index < -0.39 is 0 Å². The van der Waals surface area contributed by atoms with Gasteiger partial charge in [-0.1, -0.05) is 24.3 Å². The molecule has 0 bridgehead atoms. The van der Waals surface area contributed by atoms with Gasteiger partial charge in [0.1, 0.15) is 17.9 Å². The Labute approximate surface area is 118 Å². The monoisotopic (exact) mass is 272 g/mol. The van der Waals surface area contributed by atoms with Gasteiger partial charge >= 0.3 is 0 Å². The molecule has 0 N–H and O–H groups in total. The van der Waals surface area contributed by atoms with Crippen LogP contribution in [0.4, 0.5) is 4.39 Å². The van der Waals surface area contributed by atoms with E-state index in [1.807, 2.05) is 31.2 Å². The molecule has 0 aliphatic rings. The summed E-state index contributed by atoms with van der Waals surface area (Å²) >= 11 is 0. The van der Waals surface area contributed by atoms with E-state index >= 15 is 0 Å². The number of hydrogen-bond donors (Lipinski definition) is 0. The van der Waals surface area contributed by atoms with E-state index in [4.69, 9.17) is 4.74 Å². The molecule has 0 radical (unpaired) electrons. The van der Waals surface area contributed by atoms with Crippen LogP contribution in [0.15, 0.2) is 48.5 Å². The van der Waals surface area contributed by atoms with Crippen molar-refractivity contribution in [3.8, 4) is 5.75 Å². The van der Waals surface area contributed by atoms with E-state index in [-0.39, 0.29) is 11.7 Å². The number of carbonyl (C=O) groups excluding carboxylic acids is 1. The molecule has 2 aromatic carbocycles. The SMILES string of the molecule is CCOc1ccc(CC(C=O)c2ccc(F)cc2)cc1. The molecule has 0 aliphatic heterocycles. The highest BCUT2D eigenvalue weighted by Gasteiger charge is 2.11. The van der Waals surface area contributed by atoms with Crippen molar-refractivity contribution < 1.29 is 13.9 Å². The van der Waals surface area contributed by atoms with Crippen LogP contribution >= 0.6 is 0 Å². The van der Waals surface area contributed by atoms with Crippen LogP contribution in [0.1, 0.15) is 24.0 Å². The van der Waals surface area contributed by atoms with Gasteiger partial charge in [-0.25, -0.2) is 4.39 Å². The second-order valence-corrected chi connectivity index (χ2v) is 4.58. The summed E-state index contributed by atoms with van der Waals surface area (Å²) in [7, 11) is 0. The summed E-state index contributed by atoms with van der Waals surface area (Å²) in [4.78, 5) is 11.2. The molecule has 20 heavy (non-hydrogen) atoms. The number of ether oxygens (including phenoxy) is 1. The lowest BCUT2D eigenvalue weighted by atomic mass is 9.93. The molecule has 0 saturated carbocycles. The molecule has 0 amide bonds. The van der Waals surface area contributed by atoms with Gasteiger partial charge in [0.25, 0.3) is 0 Å². The number of rotatable bonds is 6. The molecule has 104 valence electrons. The summed E-state index contributed by atoms with van der Waals surface area (Å²) in [5, 5.41) is 0. The lowest BCUT2D eigenvalue weighted by Gasteiger charge is -2.11. The van der Waals surface area contributed by atoms with E-state index in [2.05, 4.69) is 0 Å². The van der Waals surface area contributed by atoms with Crippen LogP contribution in [-0.2, 0) is 11.2 Å². The van der Waals surface area contributed by atoms with Crippen molar-refractivity contribution in [3.05, 3.63) is 65.5 Å². The molecule has 0 aliphatic carbocycles. The second-order valence-electron chi connectivity index (χ2n) is 4.58. The van der Waals surface area contributed by atoms with Gasteiger partial charge in [-0.05, 0) is 48.7 Å². The molecule has 1 atom stereocenters. The molecule has 0 heterocycles. The summed E-state index contributed by atoms with van der Waals surface area (Å²) in [5.41, 5.74) is 1.88. The van der Waals surface area contributed by atoms with Gasteiger partial charge in [0.05, 0.1) is 6.61 Å². The molecular weight excluding hydrogens is 255 g/mol. The average molecular weight is 272 g/mol. The van der Waals surface area contributed by atoms with Gasteiger partial charge in [0.15, 0.2) is 0 Å². The number of carbonyl (C=O) groups is 1. The van der Waals surface area contributed by atoms with Crippen molar-refractivity contribution in [2.75, 3.05) is 6.61 Å². The zero-order chi connectivity index (χ0) is 14.4. The Morgan fingerprint density at radius 1 is 1.10 bits per heavy atom. The zero-order valence-electron chi connectivity index (χ0n) is 11.4. The van der Waals surface area contributed by atoms with Crippen molar-refractivity contribution in [2.24, 2.45) is 0 Å². The maximum Gasteiger partial charge on any atom is 0.127 e. The van der Waals surface area contributed by atoms with E-state index in [0.717, 1.165) is 23.2 Å². The molecule has 0 saturated heterocycles. The van der Waals surface area contributed by atoms with Crippen LogP contribution in [0.2, 0.25) is 0 Å². The fourth-order valence-electron chi connectivity index (χ4n) is 2.10. The quantitative estimate of drug-likeness (QED) is 0.749. The first-order chi connectivity index (χ1) is 9.72. The Hall–Kier alpha value is -2.16. The smallest absolute Gasteiger partial charge is 0.127 e. The van der Waals surface area contributed by atoms with Crippen LogP contribution in [0, 0.1) is 5.82 Å². The first-order valence-corrected chi connectivity index (χ1v) is 6.65. The standard InChI is InChI=1S/C17H17FO2/c1-2-20-17-9-3-13(4-10-17)11-15(12-19)14-5-7-16(18)8-6-14/h3-10,12,15H,2,11H2,1H3. The predicted molar refractivity (Wildman–Crippen MR) is 76.5 cm³/mol. The Morgan fingerprint density at radius 2 is 1.75 bits per heavy atom. The predicted octanol–water partition coefficient (Wildman–Crippen LogP) is 3.75. The third-order valence-electron chi connectivity index (χ3n) is 3.15. The van der Waals surface area contributed by atoms with Gasteiger partial charge in [-0.15, -0.1) is 0 Å². The molecule has 2 nitrogen and oxygen atoms in total. The molecule has 2 aromatic rings. The Bertz CT molecular complexity index is 546. The fraction of sp³-hybridized carbons (Fsp3) is 0.235. The van der Waals surface area contributed by atoms with E-state index in [9.17, 15) is 9.18 Å². The summed E-state index contributed by atoms with van der Waals surface area (Å²) in [6.45, 7) is 2.57. The molecule has 1 unspecified atom stereocenters. The number of hydrogen-bond acceptors (Lipinski definition) is 2. The Kier molecular flexibility index (Phi) is 4.88. The van der Waals surface area contributed by atoms with Crippen LogP contribution in [-0.4, -0.2) is 12.9 Å². The second kappa shape index (κ2) is 6.85. The summed E-state index contributed by atoms with van der Waals surface area (Å²) in [6, 6.07) is 13.8. The van der Waals surface area contributed by atoms with Crippen LogP contribution < -0.4 is 4.74 Å². The molecular formula is C17H17FO2. The molecule has 0 fully saturated rings. The van der Waals surface area contributed by atoms with Crippen LogP contribution in [0.3, 0.4) is 0 Å². The van der Waals surface area contributed by atoms with Gasteiger partial charge < -0.3 is 9.53 Å². The van der Waals surface area contributed by atoms with Crippen molar-refractivity contribution in [1.82, 2.24) is 0 Å². The third kappa shape index (κ3) is 3.67. The van der Waals surface area contributed by atoms with Crippen LogP contribution in [0.25, 0.3) is 0 Å². The van der Waals surface area contributed by atoms with Crippen molar-refractivity contribution >= 4 is 6.29 Å². The number of halogens is 1. The lowest BCUT2D eigenvalue weighted by molar-refractivity contribution is -0.109. The molecule has 2 rings (SSSR count). The topological polar surface area (TPSA) is 26.3 Å². The zero-order valence-corrected chi connectivity index (χ0v) is 11.4. The highest BCUT2D eigenvalue weighted by atomic mass is 19.1. The lowest BCUT2D eigenvalue weighted by Crippen LogP contribution is -2.04. The van der Waals surface area contributed by atoms with Gasteiger partial charge in [-0.3, -0.25) is 0 Å². The van der Waals surface area contributed by atoms with Gasteiger partial charge in [-0.2, -0.15) is 0 Å². The largest absolute Gasteiger partial charge is 0.494 e. The minimum absolute atomic E-state index is 0.256. The minimum Gasteiger partial charge on any atom is -0.494 e. The van der Waals surface area contributed by atoms with Crippen LogP contribution in [0.5, 0.6) is 5.75 Å². The fourth-order valence-corrected chi connectivity index (χ4v) is 2.10. The maximum absolute atomic E-state index is 12.9. The van der Waals surface area contributed by atoms with E-state index in [1.165, 1.54) is 12.1 Å². The van der Waals surface area contributed by atoms with Gasteiger partial charge in [0.2, 0.25) is 0 Å². The molecule has 0 aromatic heterocycles. The Balaban J connectivity index is 2.09. The maximum atomic E-state index is 12.9. The first kappa shape index (κ1) is 14.3. The third-order valence-corrected chi connectivity index (χ3v) is 3.15. The first-order valence-electron chi connectivity index (χ1n) is 6.65. The summed E-state index contributed by atoms with van der Waals surface area (Å²) in [5.74, 6) is 0.272. The van der Waals surface area contributed by atoms with E-state index in [1.54, 1.807) is 12.1 Å². The summed E-state index contributed by atoms with van der Waals surface area (Å²) < 4.78 is 18.3. The molecule has 0 spiro atoms. The van der Waals surface area contributed by atoms with E-state index in [0.29, 0.717) is 13.0 Å². The van der Waals surface area contributed by atoms with Crippen molar-refractivity contribution in [2.45, 2.75) is 19.3 Å². The number of benzene rings is 2. The minimum atomic E-state index is -0.292. The van der Waals surface area contributed by atoms with Gasteiger partial charge in [0, 0.05) is 5.92 Å². The Morgan fingerprint density at radius 3 is 2.30 bits per heavy atom. The molecule has 3 heteroatoms. The van der Waals surface area contributed by atoms with Crippen molar-refractivity contribution in [1.29, 1.82) is 0 Å². The van der Waals surface area contributed by atoms with Crippen molar-refractivity contribution in [3.63, 3.8) is 0 Å². The normalized spacial score (nSPS) is 11.9. The average Bonchev–Trinajstić information content (AvgIpc) is 2.48. The highest BCUT2D eigenvalue weighted by Crippen LogP contribution is 2.21.